The van der Waals surface area contributed by atoms with E-state index in [-0.39, 0.29) is 17.8 Å². The highest BCUT2D eigenvalue weighted by atomic mass is 16.4. The molecule has 1 aromatic heterocycles. The lowest BCUT2D eigenvalue weighted by Gasteiger charge is -2.20. The summed E-state index contributed by atoms with van der Waals surface area (Å²) in [5, 5.41) is 6.55. The van der Waals surface area contributed by atoms with Gasteiger partial charge in [0.25, 0.3) is 5.89 Å². The number of aryl methyl sites for hydroxylation is 1. The maximum Gasteiger partial charge on any atom is 0.307 e. The summed E-state index contributed by atoms with van der Waals surface area (Å²) in [4.78, 5) is 16.4. The van der Waals surface area contributed by atoms with Crippen LogP contribution >= 0.6 is 0 Å². The molecule has 2 saturated heterocycles. The highest BCUT2D eigenvalue weighted by Gasteiger charge is 2.40. The highest BCUT2D eigenvalue weighted by Crippen LogP contribution is 2.28. The minimum absolute atomic E-state index is 0.137. The number of fused-ring (bicyclic) bond motifs is 2. The number of benzene rings is 1. The number of nitrogens with zero attached hydrogens (tertiary/aromatic N) is 1. The molecule has 5 nitrogen and oxygen atoms in total. The Labute approximate surface area is 129 Å². The Morgan fingerprint density at radius 2 is 2.14 bits per heavy atom. The maximum atomic E-state index is 12.3. The maximum absolute atomic E-state index is 12.3. The lowest BCUT2D eigenvalue weighted by atomic mass is 9.95. The molecule has 2 aromatic rings. The number of hydrogen-bond acceptors (Lipinski definition) is 4. The summed E-state index contributed by atoms with van der Waals surface area (Å²) in [6, 6.07) is 9.12. The van der Waals surface area contributed by atoms with Gasteiger partial charge in [-0.15, -0.1) is 0 Å². The van der Waals surface area contributed by atoms with Gasteiger partial charge >= 0.3 is 5.91 Å². The van der Waals surface area contributed by atoms with Gasteiger partial charge in [-0.05, 0) is 26.2 Å². The van der Waals surface area contributed by atoms with Gasteiger partial charge in [-0.25, -0.2) is 4.98 Å². The second-order valence-electron chi connectivity index (χ2n) is 6.26. The number of oxazole rings is 1. The van der Waals surface area contributed by atoms with Crippen molar-refractivity contribution in [3.05, 3.63) is 41.9 Å². The van der Waals surface area contributed by atoms with E-state index >= 15 is 0 Å². The van der Waals surface area contributed by atoms with Gasteiger partial charge in [-0.1, -0.05) is 29.8 Å². The van der Waals surface area contributed by atoms with E-state index in [1.54, 1.807) is 6.20 Å². The fourth-order valence-electron chi connectivity index (χ4n) is 3.44. The van der Waals surface area contributed by atoms with Crippen LogP contribution in [0.15, 0.2) is 34.9 Å². The van der Waals surface area contributed by atoms with Crippen LogP contribution in [0.5, 0.6) is 0 Å². The van der Waals surface area contributed by atoms with E-state index in [9.17, 15) is 4.79 Å². The van der Waals surface area contributed by atoms with Gasteiger partial charge < -0.3 is 15.1 Å². The van der Waals surface area contributed by atoms with E-state index in [4.69, 9.17) is 4.42 Å². The SMILES string of the molecule is Cc1ccc(-c2cnc(C(=O)N[C@@H]3C[C@H]4CC[C@@H]3N4)o2)cc1. The fourth-order valence-corrected chi connectivity index (χ4v) is 3.44. The quantitative estimate of drug-likeness (QED) is 0.912. The van der Waals surface area contributed by atoms with Crippen molar-refractivity contribution in [1.29, 1.82) is 0 Å². The first kappa shape index (κ1) is 13.5. The number of carbonyl (C=O) groups is 1. The third-order valence-electron chi connectivity index (χ3n) is 4.65. The van der Waals surface area contributed by atoms with Crippen LogP contribution in [0.1, 0.15) is 35.5 Å². The van der Waals surface area contributed by atoms with Crippen LogP contribution in [0.4, 0.5) is 0 Å². The third kappa shape index (κ3) is 2.41. The summed E-state index contributed by atoms with van der Waals surface area (Å²) in [6.07, 6.45) is 4.96. The largest absolute Gasteiger partial charge is 0.432 e. The third-order valence-corrected chi connectivity index (χ3v) is 4.65. The van der Waals surface area contributed by atoms with E-state index < -0.39 is 0 Å². The van der Waals surface area contributed by atoms with Crippen LogP contribution in [-0.4, -0.2) is 29.0 Å². The molecule has 4 rings (SSSR count). The Bertz CT molecular complexity index is 692. The average Bonchev–Trinajstić information content (AvgIpc) is 3.24. The molecule has 0 unspecified atom stereocenters. The molecule has 2 aliphatic rings. The molecule has 0 spiro atoms. The molecule has 22 heavy (non-hydrogen) atoms. The molecule has 5 heteroatoms. The first-order chi connectivity index (χ1) is 10.7. The predicted molar refractivity (Wildman–Crippen MR) is 82.5 cm³/mol. The second kappa shape index (κ2) is 5.25. The molecule has 1 amide bonds. The normalized spacial score (nSPS) is 26.3. The number of amides is 1. The van der Waals surface area contributed by atoms with E-state index in [0.29, 0.717) is 17.8 Å². The summed E-state index contributed by atoms with van der Waals surface area (Å²) in [6.45, 7) is 2.03. The highest BCUT2D eigenvalue weighted by molar-refractivity contribution is 5.90. The number of nitrogens with one attached hydrogen (secondary N) is 2. The Balaban J connectivity index is 1.46. The first-order valence-electron chi connectivity index (χ1n) is 7.79. The van der Waals surface area contributed by atoms with Crippen molar-refractivity contribution in [1.82, 2.24) is 15.6 Å². The van der Waals surface area contributed by atoms with Crippen molar-refractivity contribution in [2.75, 3.05) is 0 Å². The molecule has 2 bridgehead atoms. The minimum Gasteiger partial charge on any atom is -0.432 e. The Hall–Kier alpha value is -2.14. The zero-order valence-corrected chi connectivity index (χ0v) is 12.5. The first-order valence-corrected chi connectivity index (χ1v) is 7.79. The summed E-state index contributed by atoms with van der Waals surface area (Å²) in [7, 11) is 0. The molecular formula is C17H19N3O2. The van der Waals surface area contributed by atoms with Crippen molar-refractivity contribution >= 4 is 5.91 Å². The van der Waals surface area contributed by atoms with Crippen molar-refractivity contribution in [2.45, 2.75) is 44.3 Å². The van der Waals surface area contributed by atoms with E-state index in [2.05, 4.69) is 15.6 Å². The zero-order valence-electron chi connectivity index (χ0n) is 12.5. The van der Waals surface area contributed by atoms with Crippen LogP contribution in [0.2, 0.25) is 0 Å². The van der Waals surface area contributed by atoms with Gasteiger partial charge in [0.05, 0.1) is 6.20 Å². The monoisotopic (exact) mass is 297 g/mol. The second-order valence-corrected chi connectivity index (χ2v) is 6.26. The lowest BCUT2D eigenvalue weighted by Crippen LogP contribution is -2.43. The molecule has 3 atom stereocenters. The average molecular weight is 297 g/mol. The van der Waals surface area contributed by atoms with Gasteiger partial charge in [-0.2, -0.15) is 0 Å². The molecule has 2 aliphatic heterocycles. The summed E-state index contributed by atoms with van der Waals surface area (Å²) < 4.78 is 5.62. The van der Waals surface area contributed by atoms with Crippen LogP contribution in [0.3, 0.4) is 0 Å². The summed E-state index contributed by atoms with van der Waals surface area (Å²) >= 11 is 0. The number of rotatable bonds is 3. The number of hydrogen-bond donors (Lipinski definition) is 2. The summed E-state index contributed by atoms with van der Waals surface area (Å²) in [5.41, 5.74) is 2.11. The van der Waals surface area contributed by atoms with E-state index in [0.717, 1.165) is 18.4 Å². The predicted octanol–water partition coefficient (Wildman–Crippen LogP) is 2.27. The van der Waals surface area contributed by atoms with Crippen molar-refractivity contribution in [3.8, 4) is 11.3 Å². The van der Waals surface area contributed by atoms with Crippen LogP contribution in [0.25, 0.3) is 11.3 Å². The Morgan fingerprint density at radius 1 is 1.32 bits per heavy atom. The standard InChI is InChI=1S/C17H19N3O2/c1-10-2-4-11(5-3-10)15-9-18-17(22-15)16(21)20-14-8-12-6-7-13(14)19-12/h2-5,9,12-14,19H,6-8H2,1H3,(H,20,21)/t12-,13+,14-/m1/s1. The fraction of sp³-hybridized carbons (Fsp3) is 0.412. The molecule has 0 radical (unpaired) electrons. The van der Waals surface area contributed by atoms with Crippen molar-refractivity contribution < 1.29 is 9.21 Å². The van der Waals surface area contributed by atoms with Gasteiger partial charge in [-0.3, -0.25) is 4.79 Å². The molecule has 114 valence electrons. The summed E-state index contributed by atoms with van der Waals surface area (Å²) in [5.74, 6) is 0.535. The van der Waals surface area contributed by atoms with Crippen LogP contribution < -0.4 is 10.6 Å². The Kier molecular flexibility index (Phi) is 3.22. The van der Waals surface area contributed by atoms with Gasteiger partial charge in [0.1, 0.15) is 0 Å². The van der Waals surface area contributed by atoms with Gasteiger partial charge in [0.2, 0.25) is 0 Å². The van der Waals surface area contributed by atoms with Crippen molar-refractivity contribution in [2.24, 2.45) is 0 Å². The molecule has 0 saturated carbocycles. The van der Waals surface area contributed by atoms with Crippen LogP contribution in [0, 0.1) is 6.92 Å². The van der Waals surface area contributed by atoms with E-state index in [1.807, 2.05) is 31.2 Å². The molecule has 1 aromatic carbocycles. The number of carbonyl (C=O) groups excluding carboxylic acids is 1. The van der Waals surface area contributed by atoms with Crippen molar-refractivity contribution in [3.63, 3.8) is 0 Å². The zero-order chi connectivity index (χ0) is 15.1. The minimum atomic E-state index is -0.224. The Morgan fingerprint density at radius 3 is 2.82 bits per heavy atom. The van der Waals surface area contributed by atoms with Crippen LogP contribution in [-0.2, 0) is 0 Å². The molecule has 2 fully saturated rings. The van der Waals surface area contributed by atoms with Gasteiger partial charge in [0.15, 0.2) is 5.76 Å². The molecule has 2 N–H and O–H groups in total. The number of aromatic nitrogens is 1. The molecule has 0 aliphatic carbocycles. The molecule has 3 heterocycles. The molecular weight excluding hydrogens is 278 g/mol. The topological polar surface area (TPSA) is 67.2 Å². The smallest absolute Gasteiger partial charge is 0.307 e. The van der Waals surface area contributed by atoms with E-state index in [1.165, 1.54) is 12.0 Å². The lowest BCUT2D eigenvalue weighted by molar-refractivity contribution is 0.0896. The van der Waals surface area contributed by atoms with Gasteiger partial charge in [0, 0.05) is 23.7 Å².